The van der Waals surface area contributed by atoms with Gasteiger partial charge in [0.05, 0.1) is 14.2 Å². The highest BCUT2D eigenvalue weighted by atomic mass is 79.9. The van der Waals surface area contributed by atoms with Gasteiger partial charge >= 0.3 is 0 Å². The Balaban J connectivity index is 3.46. The molecule has 0 aromatic heterocycles. The third-order valence-corrected chi connectivity index (χ3v) is 3.50. The Kier molecular flexibility index (Phi) is 4.62. The molecule has 4 heteroatoms. The molecule has 1 aromatic carbocycles. The smallest absolute Gasteiger partial charge is 0.164 e. The number of rotatable bonds is 4. The molecule has 0 spiro atoms. The van der Waals surface area contributed by atoms with Crippen LogP contribution in [0.15, 0.2) is 10.5 Å². The minimum absolute atomic E-state index is 0.0151. The molecule has 1 N–H and O–H groups in total. The van der Waals surface area contributed by atoms with Crippen LogP contribution in [0.5, 0.6) is 11.5 Å². The molecule has 0 amide bonds. The van der Waals surface area contributed by atoms with Crippen LogP contribution in [-0.2, 0) is 0 Å². The van der Waals surface area contributed by atoms with Gasteiger partial charge in [-0.15, -0.1) is 0 Å². The quantitative estimate of drug-likeness (QED) is 0.926. The average molecular weight is 289 g/mol. The second-order valence-corrected chi connectivity index (χ2v) is 4.57. The number of ether oxygens (including phenoxy) is 2. The molecule has 16 heavy (non-hydrogen) atoms. The molecule has 1 atom stereocenters. The molecule has 0 bridgehead atoms. The average Bonchev–Trinajstić information content (AvgIpc) is 2.30. The van der Waals surface area contributed by atoms with Crippen LogP contribution in [0.25, 0.3) is 0 Å². The second-order valence-electron chi connectivity index (χ2n) is 3.72. The van der Waals surface area contributed by atoms with Gasteiger partial charge in [0.2, 0.25) is 0 Å². The van der Waals surface area contributed by atoms with E-state index in [1.807, 2.05) is 19.9 Å². The van der Waals surface area contributed by atoms with Gasteiger partial charge in [-0.2, -0.15) is 0 Å². The van der Waals surface area contributed by atoms with E-state index in [0.29, 0.717) is 11.5 Å². The van der Waals surface area contributed by atoms with Gasteiger partial charge in [-0.1, -0.05) is 22.9 Å². The van der Waals surface area contributed by atoms with E-state index in [1.54, 1.807) is 14.2 Å². The standard InChI is InChI=1S/C12H17BrO3/c1-7(6-14)11-8(2)9(13)5-10(15-3)12(11)16-4/h5,7,14H,6H2,1-4H3. The molecule has 0 fully saturated rings. The number of hydrogen-bond donors (Lipinski definition) is 1. The van der Waals surface area contributed by atoms with E-state index in [4.69, 9.17) is 9.47 Å². The van der Waals surface area contributed by atoms with Gasteiger partial charge in [0.25, 0.3) is 0 Å². The molecule has 0 saturated heterocycles. The minimum Gasteiger partial charge on any atom is -0.493 e. The molecule has 0 saturated carbocycles. The van der Waals surface area contributed by atoms with Crippen LogP contribution in [0, 0.1) is 6.92 Å². The van der Waals surface area contributed by atoms with E-state index in [2.05, 4.69) is 15.9 Å². The lowest BCUT2D eigenvalue weighted by atomic mass is 9.95. The highest BCUT2D eigenvalue weighted by Crippen LogP contribution is 2.41. The fourth-order valence-electron chi connectivity index (χ4n) is 1.77. The van der Waals surface area contributed by atoms with Crippen LogP contribution in [0.1, 0.15) is 24.0 Å². The molecule has 0 aliphatic heterocycles. The summed E-state index contributed by atoms with van der Waals surface area (Å²) in [5.41, 5.74) is 2.05. The summed E-state index contributed by atoms with van der Waals surface area (Å²) >= 11 is 3.48. The summed E-state index contributed by atoms with van der Waals surface area (Å²) in [4.78, 5) is 0. The molecule has 1 aromatic rings. The Labute approximate surface area is 105 Å². The maximum atomic E-state index is 9.28. The number of benzene rings is 1. The normalized spacial score (nSPS) is 12.4. The molecule has 1 rings (SSSR count). The third kappa shape index (κ3) is 2.33. The zero-order valence-electron chi connectivity index (χ0n) is 10.0. The number of halogens is 1. The van der Waals surface area contributed by atoms with Gasteiger partial charge in [-0.25, -0.2) is 0 Å². The van der Waals surface area contributed by atoms with Crippen molar-refractivity contribution in [1.82, 2.24) is 0 Å². The van der Waals surface area contributed by atoms with Gasteiger partial charge in [-0.3, -0.25) is 0 Å². The first-order chi connectivity index (χ1) is 7.56. The molecule has 90 valence electrons. The maximum Gasteiger partial charge on any atom is 0.164 e. The van der Waals surface area contributed by atoms with E-state index in [-0.39, 0.29) is 12.5 Å². The van der Waals surface area contributed by atoms with E-state index in [9.17, 15) is 5.11 Å². The molecule has 1 unspecified atom stereocenters. The zero-order valence-corrected chi connectivity index (χ0v) is 11.6. The van der Waals surface area contributed by atoms with E-state index >= 15 is 0 Å². The SMILES string of the molecule is COc1cc(Br)c(C)c(C(C)CO)c1OC. The Morgan fingerprint density at radius 2 is 2.00 bits per heavy atom. The highest BCUT2D eigenvalue weighted by Gasteiger charge is 2.20. The predicted octanol–water partition coefficient (Wildman–Crippen LogP) is 2.87. The van der Waals surface area contributed by atoms with E-state index in [0.717, 1.165) is 15.6 Å². The highest BCUT2D eigenvalue weighted by molar-refractivity contribution is 9.10. The van der Waals surface area contributed by atoms with Crippen molar-refractivity contribution < 1.29 is 14.6 Å². The zero-order chi connectivity index (χ0) is 12.3. The summed E-state index contributed by atoms with van der Waals surface area (Å²) in [5, 5.41) is 9.28. The Morgan fingerprint density at radius 3 is 2.44 bits per heavy atom. The first-order valence-electron chi connectivity index (χ1n) is 5.08. The summed E-state index contributed by atoms with van der Waals surface area (Å²) in [5.74, 6) is 1.39. The molecule has 3 nitrogen and oxygen atoms in total. The molecule has 0 heterocycles. The fraction of sp³-hybridized carbons (Fsp3) is 0.500. The van der Waals surface area contributed by atoms with Gasteiger partial charge in [-0.05, 0) is 18.6 Å². The summed E-state index contributed by atoms with van der Waals surface area (Å²) in [6, 6.07) is 1.88. The summed E-state index contributed by atoms with van der Waals surface area (Å²) in [6.07, 6.45) is 0. The molecule has 0 aliphatic carbocycles. The molecule has 0 aliphatic rings. The summed E-state index contributed by atoms with van der Waals surface area (Å²) < 4.78 is 11.6. The van der Waals surface area contributed by atoms with Gasteiger partial charge in [0, 0.05) is 22.6 Å². The second kappa shape index (κ2) is 5.55. The largest absolute Gasteiger partial charge is 0.493 e. The number of methoxy groups -OCH3 is 2. The Hall–Kier alpha value is -0.740. The lowest BCUT2D eigenvalue weighted by Crippen LogP contribution is -2.06. The van der Waals surface area contributed by atoms with Crippen molar-refractivity contribution in [2.24, 2.45) is 0 Å². The van der Waals surface area contributed by atoms with Gasteiger partial charge in [0.15, 0.2) is 11.5 Å². The molecular formula is C12H17BrO3. The number of aliphatic hydroxyl groups excluding tert-OH is 1. The van der Waals surface area contributed by atoms with Crippen molar-refractivity contribution in [3.8, 4) is 11.5 Å². The Bertz CT molecular complexity index is 377. The minimum atomic E-state index is 0.0151. The molecule has 0 radical (unpaired) electrons. The van der Waals surface area contributed by atoms with Crippen molar-refractivity contribution in [3.05, 3.63) is 21.7 Å². The van der Waals surface area contributed by atoms with Crippen molar-refractivity contribution in [2.45, 2.75) is 19.8 Å². The lowest BCUT2D eigenvalue weighted by molar-refractivity contribution is 0.267. The monoisotopic (exact) mass is 288 g/mol. The topological polar surface area (TPSA) is 38.7 Å². The van der Waals surface area contributed by atoms with Crippen LogP contribution >= 0.6 is 15.9 Å². The van der Waals surface area contributed by atoms with Crippen LogP contribution in [-0.4, -0.2) is 25.9 Å². The van der Waals surface area contributed by atoms with Gasteiger partial charge in [0.1, 0.15) is 0 Å². The van der Waals surface area contributed by atoms with Crippen LogP contribution in [0.2, 0.25) is 0 Å². The lowest BCUT2D eigenvalue weighted by Gasteiger charge is -2.20. The van der Waals surface area contributed by atoms with Crippen LogP contribution in [0.3, 0.4) is 0 Å². The van der Waals surface area contributed by atoms with Crippen molar-refractivity contribution in [1.29, 1.82) is 0 Å². The van der Waals surface area contributed by atoms with Crippen molar-refractivity contribution in [3.63, 3.8) is 0 Å². The maximum absolute atomic E-state index is 9.28. The summed E-state index contributed by atoms with van der Waals surface area (Å²) in [7, 11) is 3.21. The van der Waals surface area contributed by atoms with Crippen molar-refractivity contribution in [2.75, 3.05) is 20.8 Å². The Morgan fingerprint density at radius 1 is 1.38 bits per heavy atom. The number of aliphatic hydroxyl groups is 1. The predicted molar refractivity (Wildman–Crippen MR) is 67.5 cm³/mol. The van der Waals surface area contributed by atoms with Gasteiger partial charge < -0.3 is 14.6 Å². The number of hydrogen-bond acceptors (Lipinski definition) is 3. The third-order valence-electron chi connectivity index (χ3n) is 2.68. The van der Waals surface area contributed by atoms with Crippen molar-refractivity contribution >= 4 is 15.9 Å². The molecular weight excluding hydrogens is 272 g/mol. The fourth-order valence-corrected chi connectivity index (χ4v) is 2.19. The first-order valence-corrected chi connectivity index (χ1v) is 5.87. The van der Waals surface area contributed by atoms with E-state index < -0.39 is 0 Å². The first kappa shape index (κ1) is 13.3. The van der Waals surface area contributed by atoms with Crippen LogP contribution < -0.4 is 9.47 Å². The van der Waals surface area contributed by atoms with Crippen LogP contribution in [0.4, 0.5) is 0 Å². The summed E-state index contributed by atoms with van der Waals surface area (Å²) in [6.45, 7) is 4.03. The van der Waals surface area contributed by atoms with E-state index in [1.165, 1.54) is 0 Å².